The minimum absolute atomic E-state index is 0.566. The van der Waals surface area contributed by atoms with Crippen molar-refractivity contribution in [1.82, 2.24) is 0 Å². The van der Waals surface area contributed by atoms with Crippen LogP contribution in [-0.2, 0) is 4.57 Å². The Morgan fingerprint density at radius 2 is 1.61 bits per heavy atom. The highest BCUT2D eigenvalue weighted by atomic mass is 32.2. The highest BCUT2D eigenvalue weighted by molar-refractivity contribution is 8.01. The Morgan fingerprint density at radius 1 is 0.944 bits per heavy atom. The van der Waals surface area contributed by atoms with Crippen molar-refractivity contribution >= 4 is 29.7 Å². The van der Waals surface area contributed by atoms with E-state index in [1.807, 2.05) is 44.2 Å². The van der Waals surface area contributed by atoms with Gasteiger partial charge in [0.15, 0.2) is 0 Å². The second kappa shape index (κ2) is 3.99. The standard InChI is InChI=1S/C14H13O2PS/c1-9-4-6-13-12(7-9)17(15,16)11-5-3-10(2)8-14(11)18-13/h3-8H,1-2H3,(H,15,16). The third-order valence-electron chi connectivity index (χ3n) is 3.10. The zero-order chi connectivity index (χ0) is 12.9. The van der Waals surface area contributed by atoms with Crippen LogP contribution < -0.4 is 10.6 Å². The van der Waals surface area contributed by atoms with Gasteiger partial charge in [0.05, 0.1) is 10.6 Å². The molecule has 2 aromatic rings. The van der Waals surface area contributed by atoms with Gasteiger partial charge in [-0.15, -0.1) is 0 Å². The Morgan fingerprint density at radius 3 is 2.39 bits per heavy atom. The summed E-state index contributed by atoms with van der Waals surface area (Å²) < 4.78 is 12.7. The zero-order valence-electron chi connectivity index (χ0n) is 10.2. The van der Waals surface area contributed by atoms with Gasteiger partial charge in [0.2, 0.25) is 0 Å². The molecule has 0 fully saturated rings. The van der Waals surface area contributed by atoms with E-state index >= 15 is 0 Å². The summed E-state index contributed by atoms with van der Waals surface area (Å²) in [6.45, 7) is 3.93. The molecule has 2 aromatic carbocycles. The highest BCUT2D eigenvalue weighted by Gasteiger charge is 2.34. The van der Waals surface area contributed by atoms with Gasteiger partial charge in [-0.3, -0.25) is 4.57 Å². The van der Waals surface area contributed by atoms with Crippen molar-refractivity contribution in [2.24, 2.45) is 0 Å². The summed E-state index contributed by atoms with van der Waals surface area (Å²) in [5.74, 6) is 0. The van der Waals surface area contributed by atoms with Gasteiger partial charge < -0.3 is 4.89 Å². The van der Waals surface area contributed by atoms with Crippen LogP contribution >= 0.6 is 19.1 Å². The molecule has 0 bridgehead atoms. The fraction of sp³-hybridized carbons (Fsp3) is 0.143. The predicted molar refractivity (Wildman–Crippen MR) is 75.6 cm³/mol. The number of hydrogen-bond donors (Lipinski definition) is 1. The Balaban J connectivity index is 2.30. The Bertz CT molecular complexity index is 694. The number of benzene rings is 2. The smallest absolute Gasteiger partial charge is 0.261 e. The van der Waals surface area contributed by atoms with Gasteiger partial charge in [0.1, 0.15) is 0 Å². The average molecular weight is 276 g/mol. The molecule has 0 aromatic heterocycles. The van der Waals surface area contributed by atoms with Crippen LogP contribution in [0.1, 0.15) is 11.1 Å². The molecule has 1 N–H and O–H groups in total. The van der Waals surface area contributed by atoms with E-state index in [1.165, 1.54) is 0 Å². The molecule has 1 heterocycles. The third kappa shape index (κ3) is 1.74. The van der Waals surface area contributed by atoms with E-state index < -0.39 is 7.37 Å². The monoisotopic (exact) mass is 276 g/mol. The Hall–Kier alpha value is -1.02. The molecule has 1 atom stereocenters. The van der Waals surface area contributed by atoms with Crippen molar-refractivity contribution in [3.05, 3.63) is 47.5 Å². The second-order valence-electron chi connectivity index (χ2n) is 4.62. The van der Waals surface area contributed by atoms with Crippen molar-refractivity contribution in [3.63, 3.8) is 0 Å². The molecule has 0 saturated carbocycles. The van der Waals surface area contributed by atoms with Crippen LogP contribution in [0.15, 0.2) is 46.2 Å². The van der Waals surface area contributed by atoms with Crippen molar-refractivity contribution in [2.75, 3.05) is 0 Å². The van der Waals surface area contributed by atoms with Crippen LogP contribution in [0.4, 0.5) is 0 Å². The van der Waals surface area contributed by atoms with Gasteiger partial charge in [-0.25, -0.2) is 0 Å². The largest absolute Gasteiger partial charge is 0.338 e. The number of hydrogen-bond acceptors (Lipinski definition) is 2. The maximum atomic E-state index is 12.7. The third-order valence-corrected chi connectivity index (χ3v) is 6.61. The van der Waals surface area contributed by atoms with Crippen molar-refractivity contribution in [3.8, 4) is 0 Å². The molecule has 1 unspecified atom stereocenters. The summed E-state index contributed by atoms with van der Waals surface area (Å²) in [6, 6.07) is 11.4. The van der Waals surface area contributed by atoms with E-state index in [-0.39, 0.29) is 0 Å². The average Bonchev–Trinajstić information content (AvgIpc) is 2.30. The fourth-order valence-corrected chi connectivity index (χ4v) is 5.77. The van der Waals surface area contributed by atoms with Crippen LogP contribution in [0.2, 0.25) is 0 Å². The summed E-state index contributed by atoms with van der Waals surface area (Å²) in [5, 5.41) is 1.14. The minimum atomic E-state index is -3.43. The van der Waals surface area contributed by atoms with Crippen LogP contribution in [-0.4, -0.2) is 4.89 Å². The normalized spacial score (nSPS) is 21.3. The molecule has 3 rings (SSSR count). The van der Waals surface area contributed by atoms with Crippen molar-refractivity contribution in [1.29, 1.82) is 0 Å². The van der Waals surface area contributed by atoms with Gasteiger partial charge in [-0.05, 0) is 43.7 Å². The van der Waals surface area contributed by atoms with Crippen LogP contribution in [0.3, 0.4) is 0 Å². The Kier molecular flexibility index (Phi) is 2.67. The zero-order valence-corrected chi connectivity index (χ0v) is 11.9. The maximum Gasteiger partial charge on any atom is 0.261 e. The Labute approximate surface area is 111 Å². The van der Waals surface area contributed by atoms with Crippen LogP contribution in [0, 0.1) is 13.8 Å². The van der Waals surface area contributed by atoms with E-state index in [0.717, 1.165) is 20.9 Å². The minimum Gasteiger partial charge on any atom is -0.338 e. The molecule has 0 aliphatic carbocycles. The molecule has 2 nitrogen and oxygen atoms in total. The number of rotatable bonds is 0. The molecule has 0 radical (unpaired) electrons. The van der Waals surface area contributed by atoms with Gasteiger partial charge in [-0.2, -0.15) is 0 Å². The van der Waals surface area contributed by atoms with Crippen molar-refractivity contribution in [2.45, 2.75) is 23.6 Å². The van der Waals surface area contributed by atoms with Crippen LogP contribution in [0.5, 0.6) is 0 Å². The quantitative estimate of drug-likeness (QED) is 0.752. The van der Waals surface area contributed by atoms with Crippen LogP contribution in [0.25, 0.3) is 0 Å². The maximum absolute atomic E-state index is 12.7. The lowest BCUT2D eigenvalue weighted by Crippen LogP contribution is -2.23. The topological polar surface area (TPSA) is 37.3 Å². The van der Waals surface area contributed by atoms with E-state index in [9.17, 15) is 9.46 Å². The summed E-state index contributed by atoms with van der Waals surface area (Å²) in [7, 11) is -3.43. The lowest BCUT2D eigenvalue weighted by molar-refractivity contribution is 0.499. The first-order valence-electron chi connectivity index (χ1n) is 5.71. The van der Waals surface area contributed by atoms with E-state index in [0.29, 0.717) is 10.6 Å². The predicted octanol–water partition coefficient (Wildman–Crippen LogP) is 2.99. The lowest BCUT2D eigenvalue weighted by atomic mass is 10.2. The first-order chi connectivity index (χ1) is 8.48. The van der Waals surface area contributed by atoms with E-state index in [4.69, 9.17) is 0 Å². The molecule has 0 amide bonds. The highest BCUT2D eigenvalue weighted by Crippen LogP contribution is 2.49. The molecule has 1 aliphatic heterocycles. The molecule has 18 heavy (non-hydrogen) atoms. The summed E-state index contributed by atoms with van der Waals surface area (Å²) >= 11 is 1.58. The SMILES string of the molecule is Cc1ccc2c(c1)Sc1ccc(C)cc1P2(=O)O. The first kappa shape index (κ1) is 12.0. The molecule has 1 aliphatic rings. The molecule has 0 saturated heterocycles. The number of fused-ring (bicyclic) bond motifs is 2. The molecule has 0 spiro atoms. The lowest BCUT2D eigenvalue weighted by Gasteiger charge is -2.24. The molecule has 4 heteroatoms. The number of aryl methyl sites for hydroxylation is 2. The summed E-state index contributed by atoms with van der Waals surface area (Å²) in [5.41, 5.74) is 2.12. The summed E-state index contributed by atoms with van der Waals surface area (Å²) in [4.78, 5) is 12.2. The van der Waals surface area contributed by atoms with Gasteiger partial charge in [0.25, 0.3) is 7.37 Å². The summed E-state index contributed by atoms with van der Waals surface area (Å²) in [6.07, 6.45) is 0. The van der Waals surface area contributed by atoms with E-state index in [1.54, 1.807) is 17.8 Å². The second-order valence-corrected chi connectivity index (χ2v) is 7.82. The molecular weight excluding hydrogens is 263 g/mol. The van der Waals surface area contributed by atoms with E-state index in [2.05, 4.69) is 0 Å². The molecular formula is C14H13O2PS. The van der Waals surface area contributed by atoms with Crippen molar-refractivity contribution < 1.29 is 9.46 Å². The van der Waals surface area contributed by atoms with Gasteiger partial charge in [-0.1, -0.05) is 29.5 Å². The fourth-order valence-electron chi connectivity index (χ4n) is 2.15. The van der Waals surface area contributed by atoms with Gasteiger partial charge >= 0.3 is 0 Å². The van der Waals surface area contributed by atoms with Gasteiger partial charge in [0, 0.05) is 9.79 Å². The first-order valence-corrected chi connectivity index (χ1v) is 8.19. The molecule has 92 valence electrons.